The van der Waals surface area contributed by atoms with Gasteiger partial charge in [0.2, 0.25) is 6.29 Å². The van der Waals surface area contributed by atoms with Crippen molar-refractivity contribution in [3.8, 4) is 5.75 Å². The molecule has 0 spiro atoms. The third kappa shape index (κ3) is 4.66. The third-order valence-corrected chi connectivity index (χ3v) is 6.76. The molecule has 0 saturated carbocycles. The van der Waals surface area contributed by atoms with Gasteiger partial charge in [0.05, 0.1) is 17.9 Å². The highest BCUT2D eigenvalue weighted by atomic mass is 16.7. The number of anilines is 1. The summed E-state index contributed by atoms with van der Waals surface area (Å²) in [5.74, 6) is 0.378. The SMILES string of the molecule is CO[C@@H]1[C@@H](O)[C@@H](O)[C@H](Oc2ccc3c(N4CCN(CCO)CC4)cc(=O)oc3c2C)OC1(C)C. The molecule has 2 fully saturated rings. The van der Waals surface area contributed by atoms with Crippen molar-refractivity contribution in [2.45, 2.75) is 51.0 Å². The number of aliphatic hydroxyl groups excluding tert-OH is 3. The summed E-state index contributed by atoms with van der Waals surface area (Å²) in [6.45, 7) is 9.09. The average Bonchev–Trinajstić information content (AvgIpc) is 2.79. The topological polar surface area (TPSA) is 125 Å². The highest BCUT2D eigenvalue weighted by Gasteiger charge is 2.50. The number of aryl methyl sites for hydroxylation is 1. The van der Waals surface area contributed by atoms with Crippen LogP contribution in [0.15, 0.2) is 27.4 Å². The first kappa shape index (κ1) is 24.9. The smallest absolute Gasteiger partial charge is 0.338 e. The Kier molecular flexibility index (Phi) is 7.18. The van der Waals surface area contributed by atoms with Crippen LogP contribution in [0.3, 0.4) is 0 Å². The molecule has 2 saturated heterocycles. The molecule has 188 valence electrons. The summed E-state index contributed by atoms with van der Waals surface area (Å²) < 4.78 is 22.8. The van der Waals surface area contributed by atoms with Gasteiger partial charge in [0, 0.05) is 56.8 Å². The molecule has 2 aliphatic rings. The second-order valence-corrected chi connectivity index (χ2v) is 9.41. The second kappa shape index (κ2) is 9.80. The molecule has 3 heterocycles. The molecule has 0 aliphatic carbocycles. The van der Waals surface area contributed by atoms with E-state index in [4.69, 9.17) is 18.6 Å². The van der Waals surface area contributed by atoms with Gasteiger partial charge in [-0.1, -0.05) is 0 Å². The van der Waals surface area contributed by atoms with Crippen LogP contribution in [-0.2, 0) is 9.47 Å². The Morgan fingerprint density at radius 2 is 1.85 bits per heavy atom. The van der Waals surface area contributed by atoms with Crippen molar-refractivity contribution in [3.63, 3.8) is 0 Å². The Bertz CT molecular complexity index is 1060. The fourth-order valence-electron chi connectivity index (χ4n) is 4.90. The van der Waals surface area contributed by atoms with E-state index >= 15 is 0 Å². The van der Waals surface area contributed by atoms with E-state index in [0.717, 1.165) is 37.3 Å². The van der Waals surface area contributed by atoms with E-state index in [0.29, 0.717) is 23.4 Å². The van der Waals surface area contributed by atoms with Crippen LogP contribution >= 0.6 is 0 Å². The number of fused-ring (bicyclic) bond motifs is 1. The fourth-order valence-corrected chi connectivity index (χ4v) is 4.90. The van der Waals surface area contributed by atoms with E-state index in [1.54, 1.807) is 26.8 Å². The van der Waals surface area contributed by atoms with E-state index in [1.807, 2.05) is 6.07 Å². The van der Waals surface area contributed by atoms with Crippen LogP contribution in [0.5, 0.6) is 5.75 Å². The number of β-amino-alcohol motifs (C(OH)–C–C–N with tert-alkyl or cyclic N) is 1. The third-order valence-electron chi connectivity index (χ3n) is 6.76. The van der Waals surface area contributed by atoms with Crippen LogP contribution in [0, 0.1) is 6.92 Å². The lowest BCUT2D eigenvalue weighted by Crippen LogP contribution is -2.63. The summed E-state index contributed by atoms with van der Waals surface area (Å²) in [6.07, 6.45) is -4.39. The van der Waals surface area contributed by atoms with Crippen LogP contribution in [0.2, 0.25) is 0 Å². The lowest BCUT2D eigenvalue weighted by molar-refractivity contribution is -0.306. The molecule has 0 amide bonds. The predicted molar refractivity (Wildman–Crippen MR) is 125 cm³/mol. The van der Waals surface area contributed by atoms with Gasteiger partial charge in [-0.05, 0) is 32.9 Å². The molecule has 4 rings (SSSR count). The summed E-state index contributed by atoms with van der Waals surface area (Å²) in [7, 11) is 1.45. The average molecular weight is 479 g/mol. The van der Waals surface area contributed by atoms with Gasteiger partial charge < -0.3 is 38.8 Å². The molecule has 2 aliphatic heterocycles. The zero-order valence-electron chi connectivity index (χ0n) is 20.1. The molecule has 2 aromatic rings. The molecule has 34 heavy (non-hydrogen) atoms. The lowest BCUT2D eigenvalue weighted by atomic mass is 9.89. The van der Waals surface area contributed by atoms with Gasteiger partial charge in [-0.3, -0.25) is 4.90 Å². The summed E-state index contributed by atoms with van der Waals surface area (Å²) in [4.78, 5) is 16.8. The molecule has 0 unspecified atom stereocenters. The Labute approximate surface area is 198 Å². The molecular formula is C24H34N2O8. The first-order valence-electron chi connectivity index (χ1n) is 11.6. The molecule has 1 aromatic carbocycles. The molecule has 0 bridgehead atoms. The van der Waals surface area contributed by atoms with E-state index in [2.05, 4.69) is 9.80 Å². The normalized spacial score (nSPS) is 27.8. The number of aliphatic hydroxyl groups is 3. The van der Waals surface area contributed by atoms with Crippen molar-refractivity contribution in [2.75, 3.05) is 51.3 Å². The minimum atomic E-state index is -1.33. The van der Waals surface area contributed by atoms with Crippen LogP contribution in [0.4, 0.5) is 5.69 Å². The van der Waals surface area contributed by atoms with E-state index in [9.17, 15) is 20.1 Å². The minimum absolute atomic E-state index is 0.125. The Morgan fingerprint density at radius 1 is 1.15 bits per heavy atom. The van der Waals surface area contributed by atoms with E-state index < -0.39 is 35.8 Å². The second-order valence-electron chi connectivity index (χ2n) is 9.41. The van der Waals surface area contributed by atoms with Crippen LogP contribution in [0.25, 0.3) is 11.0 Å². The van der Waals surface area contributed by atoms with Crippen molar-refractivity contribution < 1.29 is 33.9 Å². The standard InChI is InChI=1S/C24H34N2O8/c1-14-17(32-23-20(30)19(29)22(31-4)24(2,3)34-23)6-5-15-16(13-18(28)33-21(14)15)26-9-7-25(8-10-26)11-12-27/h5-6,13,19-20,22-23,27,29-30H,7-12H2,1-4H3/t19-,20+,22+,23+/m0/s1. The van der Waals surface area contributed by atoms with Crippen molar-refractivity contribution in [1.82, 2.24) is 4.90 Å². The zero-order valence-corrected chi connectivity index (χ0v) is 20.1. The molecule has 3 N–H and O–H groups in total. The summed E-state index contributed by atoms with van der Waals surface area (Å²) >= 11 is 0. The Morgan fingerprint density at radius 3 is 2.50 bits per heavy atom. The highest BCUT2D eigenvalue weighted by Crippen LogP contribution is 2.36. The summed E-state index contributed by atoms with van der Waals surface area (Å²) in [6, 6.07) is 5.08. The number of benzene rings is 1. The van der Waals surface area contributed by atoms with Crippen molar-refractivity contribution in [1.29, 1.82) is 0 Å². The van der Waals surface area contributed by atoms with Crippen LogP contribution < -0.4 is 15.3 Å². The fraction of sp³-hybridized carbons (Fsp3) is 0.625. The molecular weight excluding hydrogens is 444 g/mol. The van der Waals surface area contributed by atoms with Crippen molar-refractivity contribution in [3.05, 3.63) is 34.2 Å². The van der Waals surface area contributed by atoms with E-state index in [-0.39, 0.29) is 6.61 Å². The molecule has 10 heteroatoms. The largest absolute Gasteiger partial charge is 0.462 e. The summed E-state index contributed by atoms with van der Waals surface area (Å²) in [5, 5.41) is 31.0. The van der Waals surface area contributed by atoms with Gasteiger partial charge in [-0.25, -0.2) is 4.79 Å². The number of hydrogen-bond acceptors (Lipinski definition) is 10. The molecule has 1 aromatic heterocycles. The van der Waals surface area contributed by atoms with Gasteiger partial charge in [-0.2, -0.15) is 0 Å². The van der Waals surface area contributed by atoms with Crippen molar-refractivity contribution in [2.24, 2.45) is 0 Å². The Balaban J connectivity index is 1.62. The van der Waals surface area contributed by atoms with Gasteiger partial charge in [0.25, 0.3) is 0 Å². The maximum absolute atomic E-state index is 12.4. The quantitative estimate of drug-likeness (QED) is 0.505. The number of methoxy groups -OCH3 is 1. The minimum Gasteiger partial charge on any atom is -0.462 e. The Hall–Kier alpha value is -2.21. The highest BCUT2D eigenvalue weighted by molar-refractivity contribution is 5.93. The van der Waals surface area contributed by atoms with Gasteiger partial charge in [0.15, 0.2) is 0 Å². The van der Waals surface area contributed by atoms with Crippen LogP contribution in [0.1, 0.15) is 19.4 Å². The monoisotopic (exact) mass is 478 g/mol. The number of rotatable bonds is 6. The number of nitrogens with zero attached hydrogens (tertiary/aromatic N) is 2. The number of piperazine rings is 1. The van der Waals surface area contributed by atoms with E-state index in [1.165, 1.54) is 13.2 Å². The zero-order chi connectivity index (χ0) is 24.6. The number of hydrogen-bond donors (Lipinski definition) is 3. The lowest BCUT2D eigenvalue weighted by Gasteiger charge is -2.46. The molecule has 10 nitrogen and oxygen atoms in total. The van der Waals surface area contributed by atoms with Gasteiger partial charge >= 0.3 is 5.63 Å². The summed E-state index contributed by atoms with van der Waals surface area (Å²) in [5.41, 5.74) is 0.415. The molecule has 4 atom stereocenters. The van der Waals surface area contributed by atoms with Crippen molar-refractivity contribution >= 4 is 16.7 Å². The first-order valence-corrected chi connectivity index (χ1v) is 11.6. The predicted octanol–water partition coefficient (Wildman–Crippen LogP) is 0.466. The van der Waals surface area contributed by atoms with Gasteiger partial charge in [0.1, 0.15) is 29.6 Å². The first-order chi connectivity index (χ1) is 16.2. The van der Waals surface area contributed by atoms with Gasteiger partial charge in [-0.15, -0.1) is 0 Å². The maximum atomic E-state index is 12.4. The molecule has 0 radical (unpaired) electrons. The van der Waals surface area contributed by atoms with Crippen LogP contribution in [-0.4, -0.2) is 96.9 Å². The maximum Gasteiger partial charge on any atom is 0.338 e. The number of ether oxygens (including phenoxy) is 3.